The molecule has 0 N–H and O–H groups in total. The number of aromatic nitrogens is 4. The first kappa shape index (κ1) is 30.7. The average Bonchev–Trinajstić information content (AvgIpc) is 3.91. The van der Waals surface area contributed by atoms with E-state index >= 15 is 0 Å². The zero-order chi connectivity index (χ0) is 36.0. The highest BCUT2D eigenvalue weighted by Gasteiger charge is 2.21. The number of fused-ring (bicyclic) bond motifs is 10. The van der Waals surface area contributed by atoms with Crippen LogP contribution in [-0.2, 0) is 0 Å². The Bertz CT molecular complexity index is 3490. The quantitative estimate of drug-likeness (QED) is 0.181. The second-order valence-electron chi connectivity index (χ2n) is 14.0. The molecule has 12 rings (SSSR count). The van der Waals surface area contributed by atoms with Crippen molar-refractivity contribution in [2.75, 3.05) is 0 Å². The Morgan fingerprint density at radius 2 is 1.15 bits per heavy atom. The molecule has 55 heavy (non-hydrogen) atoms. The highest BCUT2D eigenvalue weighted by molar-refractivity contribution is 7.26. The molecule has 4 nitrogen and oxygen atoms in total. The van der Waals surface area contributed by atoms with Crippen LogP contribution in [0.1, 0.15) is 0 Å². The largest absolute Gasteiger partial charge is 0.292 e. The Kier molecular flexibility index (Phi) is 6.64. The minimum absolute atomic E-state index is 0.815. The molecule has 0 aliphatic rings. The molecule has 0 saturated heterocycles. The van der Waals surface area contributed by atoms with Crippen LogP contribution >= 0.6 is 22.7 Å². The molecule has 0 radical (unpaired) electrons. The molecule has 6 heteroatoms. The number of nitrogens with zero attached hydrogens (tertiary/aromatic N) is 4. The third-order valence-corrected chi connectivity index (χ3v) is 13.2. The molecule has 0 fully saturated rings. The number of thiophene rings is 2. The van der Waals surface area contributed by atoms with Gasteiger partial charge in [-0.1, -0.05) is 103 Å². The van der Waals surface area contributed by atoms with E-state index in [1.54, 1.807) is 6.20 Å². The Hall–Kier alpha value is -6.73. The SMILES string of the molecule is c1cncc(-c2ccc(-c3nc4ccccc4nc3-n3c4ccccc4c4cc5sc6ccc(-c7cccc8c7sc7ccccc78)cc6c5cc43)cc2)c1. The second kappa shape index (κ2) is 11.9. The van der Waals surface area contributed by atoms with E-state index < -0.39 is 0 Å². The summed E-state index contributed by atoms with van der Waals surface area (Å²) in [5.74, 6) is 0.815. The highest BCUT2D eigenvalue weighted by atomic mass is 32.1. The van der Waals surface area contributed by atoms with Crippen molar-refractivity contribution >= 4 is 95.9 Å². The molecule has 12 aromatic rings. The van der Waals surface area contributed by atoms with Gasteiger partial charge in [-0.05, 0) is 76.9 Å². The Balaban J connectivity index is 1.10. The van der Waals surface area contributed by atoms with E-state index in [4.69, 9.17) is 9.97 Å². The van der Waals surface area contributed by atoms with Crippen LogP contribution in [-0.4, -0.2) is 19.5 Å². The first-order chi connectivity index (χ1) is 27.2. The maximum absolute atomic E-state index is 5.40. The monoisotopic (exact) mass is 736 g/mol. The molecular formula is C49H28N4S2. The molecule has 0 bridgehead atoms. The van der Waals surface area contributed by atoms with Gasteiger partial charge >= 0.3 is 0 Å². The van der Waals surface area contributed by atoms with Crippen LogP contribution in [0, 0.1) is 0 Å². The maximum atomic E-state index is 5.40. The molecule has 5 aromatic heterocycles. The Morgan fingerprint density at radius 3 is 2.02 bits per heavy atom. The van der Waals surface area contributed by atoms with Gasteiger partial charge < -0.3 is 0 Å². The molecule has 0 unspecified atom stereocenters. The molecule has 0 aliphatic carbocycles. The van der Waals surface area contributed by atoms with E-state index in [0.29, 0.717) is 0 Å². The number of hydrogen-bond donors (Lipinski definition) is 0. The molecule has 0 aliphatic heterocycles. The highest BCUT2D eigenvalue weighted by Crippen LogP contribution is 2.45. The Labute approximate surface area is 323 Å². The summed E-state index contributed by atoms with van der Waals surface area (Å²) < 4.78 is 7.55. The fourth-order valence-corrected chi connectivity index (χ4v) is 10.6. The molecule has 0 saturated carbocycles. The summed E-state index contributed by atoms with van der Waals surface area (Å²) in [4.78, 5) is 15.0. The smallest absolute Gasteiger partial charge is 0.165 e. The molecular weight excluding hydrogens is 709 g/mol. The topological polar surface area (TPSA) is 43.6 Å². The molecule has 7 aromatic carbocycles. The van der Waals surface area contributed by atoms with Gasteiger partial charge in [-0.25, -0.2) is 9.97 Å². The minimum atomic E-state index is 0.815. The average molecular weight is 737 g/mol. The lowest BCUT2D eigenvalue weighted by Gasteiger charge is -2.14. The van der Waals surface area contributed by atoms with Crippen molar-refractivity contribution in [3.63, 3.8) is 0 Å². The number of pyridine rings is 1. The van der Waals surface area contributed by atoms with E-state index in [1.807, 2.05) is 53.1 Å². The van der Waals surface area contributed by atoms with Gasteiger partial charge in [0.25, 0.3) is 0 Å². The molecule has 5 heterocycles. The van der Waals surface area contributed by atoms with E-state index in [1.165, 1.54) is 62.2 Å². The minimum Gasteiger partial charge on any atom is -0.292 e. The van der Waals surface area contributed by atoms with Crippen molar-refractivity contribution in [1.29, 1.82) is 0 Å². The van der Waals surface area contributed by atoms with Crippen LogP contribution < -0.4 is 0 Å². The van der Waals surface area contributed by atoms with Crippen LogP contribution in [0.3, 0.4) is 0 Å². The van der Waals surface area contributed by atoms with Gasteiger partial charge in [0, 0.05) is 69.1 Å². The van der Waals surface area contributed by atoms with Gasteiger partial charge in [0.15, 0.2) is 5.82 Å². The number of benzene rings is 7. The lowest BCUT2D eigenvalue weighted by atomic mass is 10.0. The standard InChI is InChI=1S/C49H28N4S2/c1-5-16-42-34(10-1)37-27-46-39(38-25-31(22-23-45(38)54-46)33-12-7-13-36-35-11-2-6-17-44(35)55-48(33)36)26-43(37)53(42)49-47(51-40-14-3-4-15-41(40)52-49)30-20-18-29(19-21-30)32-9-8-24-50-28-32/h1-28H. The van der Waals surface area contributed by atoms with E-state index in [0.717, 1.165) is 50.3 Å². The summed E-state index contributed by atoms with van der Waals surface area (Å²) >= 11 is 3.75. The number of hydrogen-bond acceptors (Lipinski definition) is 5. The van der Waals surface area contributed by atoms with E-state index in [9.17, 15) is 0 Å². The van der Waals surface area contributed by atoms with Gasteiger partial charge in [-0.3, -0.25) is 9.55 Å². The fraction of sp³-hybridized carbons (Fsp3) is 0. The van der Waals surface area contributed by atoms with Crippen LogP contribution in [0.15, 0.2) is 170 Å². The number of para-hydroxylation sites is 3. The van der Waals surface area contributed by atoms with Crippen LogP contribution in [0.25, 0.3) is 113 Å². The first-order valence-electron chi connectivity index (χ1n) is 18.3. The summed E-state index contributed by atoms with van der Waals surface area (Å²) in [5, 5.41) is 7.56. The summed E-state index contributed by atoms with van der Waals surface area (Å²) in [5.41, 5.74) is 10.5. The predicted molar refractivity (Wildman–Crippen MR) is 234 cm³/mol. The third kappa shape index (κ3) is 4.72. The summed E-state index contributed by atoms with van der Waals surface area (Å²) in [7, 11) is 0. The molecule has 0 amide bonds. The number of rotatable bonds is 4. The van der Waals surface area contributed by atoms with Crippen molar-refractivity contribution in [3.8, 4) is 39.3 Å². The fourth-order valence-electron chi connectivity index (χ4n) is 8.30. The van der Waals surface area contributed by atoms with Crippen molar-refractivity contribution in [2.24, 2.45) is 0 Å². The summed E-state index contributed by atoms with van der Waals surface area (Å²) in [6.07, 6.45) is 3.70. The Morgan fingerprint density at radius 1 is 0.418 bits per heavy atom. The molecule has 256 valence electrons. The summed E-state index contributed by atoms with van der Waals surface area (Å²) in [6.45, 7) is 0. The maximum Gasteiger partial charge on any atom is 0.165 e. The second-order valence-corrected chi connectivity index (χ2v) is 16.2. The zero-order valence-corrected chi connectivity index (χ0v) is 30.9. The van der Waals surface area contributed by atoms with Crippen molar-refractivity contribution in [1.82, 2.24) is 19.5 Å². The van der Waals surface area contributed by atoms with Crippen LogP contribution in [0.5, 0.6) is 0 Å². The van der Waals surface area contributed by atoms with Gasteiger partial charge in [-0.15, -0.1) is 22.7 Å². The van der Waals surface area contributed by atoms with Gasteiger partial charge in [0.2, 0.25) is 0 Å². The molecule has 0 spiro atoms. The molecule has 0 atom stereocenters. The van der Waals surface area contributed by atoms with Crippen molar-refractivity contribution < 1.29 is 0 Å². The zero-order valence-electron chi connectivity index (χ0n) is 29.3. The third-order valence-electron chi connectivity index (χ3n) is 10.9. The summed E-state index contributed by atoms with van der Waals surface area (Å²) in [6, 6.07) is 56.7. The van der Waals surface area contributed by atoms with E-state index in [-0.39, 0.29) is 0 Å². The first-order valence-corrected chi connectivity index (χ1v) is 20.0. The van der Waals surface area contributed by atoms with Gasteiger partial charge in [0.05, 0.1) is 22.1 Å². The van der Waals surface area contributed by atoms with E-state index in [2.05, 4.69) is 143 Å². The normalized spacial score (nSPS) is 12.0. The van der Waals surface area contributed by atoms with Gasteiger partial charge in [-0.2, -0.15) is 0 Å². The van der Waals surface area contributed by atoms with Crippen molar-refractivity contribution in [2.45, 2.75) is 0 Å². The lowest BCUT2D eigenvalue weighted by molar-refractivity contribution is 1.08. The van der Waals surface area contributed by atoms with Crippen LogP contribution in [0.2, 0.25) is 0 Å². The predicted octanol–water partition coefficient (Wildman–Crippen LogP) is 13.9. The lowest BCUT2D eigenvalue weighted by Crippen LogP contribution is -2.03. The van der Waals surface area contributed by atoms with Crippen molar-refractivity contribution in [3.05, 3.63) is 170 Å². The van der Waals surface area contributed by atoms with Gasteiger partial charge in [0.1, 0.15) is 5.69 Å². The van der Waals surface area contributed by atoms with Crippen LogP contribution in [0.4, 0.5) is 0 Å².